The second kappa shape index (κ2) is 10.5. The first kappa shape index (κ1) is 23.5. The van der Waals surface area contributed by atoms with E-state index in [4.69, 9.17) is 0 Å². The maximum Gasteiger partial charge on any atom is 0.331 e. The Morgan fingerprint density at radius 3 is 2.48 bits per heavy atom. The van der Waals surface area contributed by atoms with Crippen molar-refractivity contribution in [1.82, 2.24) is 14.0 Å². The second-order valence-electron chi connectivity index (χ2n) is 9.24. The number of rotatable bonds is 8. The van der Waals surface area contributed by atoms with Gasteiger partial charge >= 0.3 is 5.69 Å². The molecule has 0 unspecified atom stereocenters. The number of carbonyl (C=O) groups excluding carboxylic acids is 1. The highest BCUT2D eigenvalue weighted by molar-refractivity contribution is 7.17. The minimum Gasteiger partial charge on any atom is -0.346 e. The smallest absolute Gasteiger partial charge is 0.331 e. The first-order valence-corrected chi connectivity index (χ1v) is 12.9. The van der Waals surface area contributed by atoms with E-state index in [1.54, 1.807) is 4.57 Å². The van der Waals surface area contributed by atoms with Crippen molar-refractivity contribution in [2.24, 2.45) is 11.8 Å². The van der Waals surface area contributed by atoms with Crippen LogP contribution in [-0.2, 0) is 17.9 Å². The van der Waals surface area contributed by atoms with E-state index in [2.05, 4.69) is 6.92 Å². The van der Waals surface area contributed by atoms with Crippen LogP contribution >= 0.6 is 11.3 Å². The van der Waals surface area contributed by atoms with Gasteiger partial charge in [0.15, 0.2) is 0 Å². The van der Waals surface area contributed by atoms with Crippen molar-refractivity contribution >= 4 is 27.5 Å². The van der Waals surface area contributed by atoms with E-state index in [1.807, 2.05) is 53.7 Å². The lowest BCUT2D eigenvalue weighted by molar-refractivity contribution is -0.135. The summed E-state index contributed by atoms with van der Waals surface area (Å²) in [6.07, 6.45) is 5.49. The van der Waals surface area contributed by atoms with Crippen LogP contribution in [0.5, 0.6) is 0 Å². The summed E-state index contributed by atoms with van der Waals surface area (Å²) >= 11 is 1.39. The lowest BCUT2D eigenvalue weighted by Crippen LogP contribution is -2.42. The number of aromatic nitrogens is 2. The molecule has 0 N–H and O–H groups in total. The molecule has 1 aliphatic rings. The topological polar surface area (TPSA) is 64.3 Å². The fourth-order valence-electron chi connectivity index (χ4n) is 4.88. The molecule has 6 nitrogen and oxygen atoms in total. The van der Waals surface area contributed by atoms with Gasteiger partial charge in [0.05, 0.1) is 12.1 Å². The lowest BCUT2D eigenvalue weighted by Gasteiger charge is -2.30. The molecule has 1 fully saturated rings. The highest BCUT2D eigenvalue weighted by Crippen LogP contribution is 2.31. The molecule has 0 radical (unpaired) electrons. The van der Waals surface area contributed by atoms with Gasteiger partial charge < -0.3 is 4.90 Å². The van der Waals surface area contributed by atoms with Gasteiger partial charge in [0.25, 0.3) is 5.56 Å². The summed E-state index contributed by atoms with van der Waals surface area (Å²) in [6, 6.07) is 11.7. The second-order valence-corrected chi connectivity index (χ2v) is 10.2. The van der Waals surface area contributed by atoms with E-state index >= 15 is 0 Å². The largest absolute Gasteiger partial charge is 0.346 e. The summed E-state index contributed by atoms with van der Waals surface area (Å²) in [6.45, 7) is 3.81. The Labute approximate surface area is 198 Å². The third-order valence-corrected chi connectivity index (χ3v) is 7.77. The van der Waals surface area contributed by atoms with Crippen molar-refractivity contribution in [2.45, 2.75) is 58.5 Å². The van der Waals surface area contributed by atoms with Gasteiger partial charge in [-0.3, -0.25) is 18.7 Å². The zero-order valence-corrected chi connectivity index (χ0v) is 20.4. The van der Waals surface area contributed by atoms with Crippen LogP contribution in [0, 0.1) is 11.8 Å². The number of nitrogens with zero attached hydrogens (tertiary/aromatic N) is 3. The van der Waals surface area contributed by atoms with Crippen LogP contribution in [0.3, 0.4) is 0 Å². The molecule has 0 saturated heterocycles. The molecule has 1 amide bonds. The predicted molar refractivity (Wildman–Crippen MR) is 134 cm³/mol. The highest BCUT2D eigenvalue weighted by Gasteiger charge is 2.29. The van der Waals surface area contributed by atoms with Crippen molar-refractivity contribution in [3.8, 4) is 0 Å². The molecule has 0 bridgehead atoms. The molecular formula is C26H33N3O3S. The lowest BCUT2D eigenvalue weighted by atomic mass is 9.81. The monoisotopic (exact) mass is 467 g/mol. The van der Waals surface area contributed by atoms with E-state index < -0.39 is 0 Å². The normalized spacial score (nSPS) is 18.5. The fraction of sp³-hybridized carbons (Fsp3) is 0.500. The van der Waals surface area contributed by atoms with Crippen LogP contribution in [0.2, 0.25) is 0 Å². The number of hydrogen-bond donors (Lipinski definition) is 0. The minimum absolute atomic E-state index is 0.0642. The van der Waals surface area contributed by atoms with E-state index in [0.717, 1.165) is 50.6 Å². The molecule has 2 aromatic heterocycles. The molecule has 0 atom stereocenters. The Hall–Kier alpha value is -2.67. The summed E-state index contributed by atoms with van der Waals surface area (Å²) in [4.78, 5) is 41.2. The number of thiophene rings is 1. The molecular weight excluding hydrogens is 434 g/mol. The van der Waals surface area contributed by atoms with Crippen molar-refractivity contribution in [2.75, 3.05) is 13.6 Å². The maximum atomic E-state index is 13.4. The molecule has 176 valence electrons. The molecule has 7 heteroatoms. The van der Waals surface area contributed by atoms with Gasteiger partial charge in [-0.05, 0) is 55.0 Å². The van der Waals surface area contributed by atoms with Gasteiger partial charge in [-0.1, -0.05) is 43.7 Å². The molecule has 4 rings (SSSR count). The van der Waals surface area contributed by atoms with E-state index in [9.17, 15) is 14.4 Å². The minimum atomic E-state index is -0.243. The molecule has 3 aromatic rings. The van der Waals surface area contributed by atoms with E-state index in [0.29, 0.717) is 23.3 Å². The Morgan fingerprint density at radius 2 is 1.79 bits per heavy atom. The molecule has 1 saturated carbocycles. The summed E-state index contributed by atoms with van der Waals surface area (Å²) in [5.41, 5.74) is 1.31. The third-order valence-electron chi connectivity index (χ3n) is 6.88. The van der Waals surface area contributed by atoms with Crippen LogP contribution in [0.15, 0.2) is 51.4 Å². The fourth-order valence-corrected chi connectivity index (χ4v) is 5.72. The SMILES string of the molecule is CCCCN(C)C(=O)C1CCC(Cn2c(=O)c3sccc3n(Cc3ccccc3)c2=O)CC1. The number of carbonyl (C=O) groups is 1. The van der Waals surface area contributed by atoms with Gasteiger partial charge in [-0.15, -0.1) is 11.3 Å². The van der Waals surface area contributed by atoms with Crippen molar-refractivity contribution in [1.29, 1.82) is 0 Å². The van der Waals surface area contributed by atoms with Crippen LogP contribution in [0.4, 0.5) is 0 Å². The Bertz CT molecular complexity index is 1200. The van der Waals surface area contributed by atoms with Gasteiger partial charge in [-0.2, -0.15) is 0 Å². The number of unbranched alkanes of at least 4 members (excludes halogenated alkanes) is 1. The molecule has 0 aliphatic heterocycles. The first-order valence-electron chi connectivity index (χ1n) is 12.0. The van der Waals surface area contributed by atoms with E-state index in [1.165, 1.54) is 15.9 Å². The Balaban J connectivity index is 1.51. The number of hydrogen-bond acceptors (Lipinski definition) is 4. The van der Waals surface area contributed by atoms with Gasteiger partial charge in [0, 0.05) is 26.1 Å². The Kier molecular flexibility index (Phi) is 7.48. The standard InChI is InChI=1S/C26H33N3O3S/c1-3-4-15-27(2)24(30)21-12-10-20(11-13-21)18-29-25(31)23-22(14-16-33-23)28(26(29)32)17-19-8-6-5-7-9-19/h5-9,14,16,20-21H,3-4,10-13,15,17-18H2,1-2H3. The van der Waals surface area contributed by atoms with Crippen LogP contribution in [-0.4, -0.2) is 33.5 Å². The average Bonchev–Trinajstić information content (AvgIpc) is 3.33. The van der Waals surface area contributed by atoms with Crippen LogP contribution in [0.1, 0.15) is 51.0 Å². The summed E-state index contributed by atoms with van der Waals surface area (Å²) in [5.74, 6) is 0.543. The molecule has 1 aliphatic carbocycles. The summed E-state index contributed by atoms with van der Waals surface area (Å²) in [7, 11) is 1.90. The van der Waals surface area contributed by atoms with Crippen LogP contribution < -0.4 is 11.2 Å². The van der Waals surface area contributed by atoms with Crippen molar-refractivity contribution in [3.05, 3.63) is 68.2 Å². The summed E-state index contributed by atoms with van der Waals surface area (Å²) in [5, 5.41) is 1.88. The number of fused-ring (bicyclic) bond motifs is 1. The molecule has 33 heavy (non-hydrogen) atoms. The number of benzene rings is 1. The Morgan fingerprint density at radius 1 is 1.06 bits per heavy atom. The molecule has 2 heterocycles. The first-order chi connectivity index (χ1) is 16.0. The molecule has 0 spiro atoms. The number of amides is 1. The predicted octanol–water partition coefficient (Wildman–Crippen LogP) is 4.34. The zero-order chi connectivity index (χ0) is 23.4. The van der Waals surface area contributed by atoms with Crippen molar-refractivity contribution in [3.63, 3.8) is 0 Å². The maximum absolute atomic E-state index is 13.4. The summed E-state index contributed by atoms with van der Waals surface area (Å²) < 4.78 is 3.79. The van der Waals surface area contributed by atoms with Gasteiger partial charge in [0.2, 0.25) is 5.91 Å². The zero-order valence-electron chi connectivity index (χ0n) is 19.5. The third kappa shape index (κ3) is 5.13. The van der Waals surface area contributed by atoms with Crippen LogP contribution in [0.25, 0.3) is 10.2 Å². The highest BCUT2D eigenvalue weighted by atomic mass is 32.1. The van der Waals surface area contributed by atoms with E-state index in [-0.39, 0.29) is 29.0 Å². The quantitative estimate of drug-likeness (QED) is 0.495. The van der Waals surface area contributed by atoms with Gasteiger partial charge in [0.1, 0.15) is 4.70 Å². The van der Waals surface area contributed by atoms with Crippen molar-refractivity contribution < 1.29 is 4.79 Å². The van der Waals surface area contributed by atoms with Gasteiger partial charge in [-0.25, -0.2) is 4.79 Å². The molecule has 1 aromatic carbocycles. The average molecular weight is 468 g/mol.